The van der Waals surface area contributed by atoms with Gasteiger partial charge in [-0.05, 0) is 37.1 Å². The van der Waals surface area contributed by atoms with Crippen LogP contribution in [-0.4, -0.2) is 16.7 Å². The van der Waals surface area contributed by atoms with Gasteiger partial charge in [0.05, 0.1) is 5.52 Å². The van der Waals surface area contributed by atoms with E-state index < -0.39 is 0 Å². The first-order chi connectivity index (χ1) is 6.86. The molecule has 2 heterocycles. The van der Waals surface area contributed by atoms with E-state index in [0.29, 0.717) is 0 Å². The van der Waals surface area contributed by atoms with Crippen LogP contribution in [0.2, 0.25) is 0 Å². The van der Waals surface area contributed by atoms with Crippen LogP contribution < -0.4 is 5.32 Å². The zero-order valence-corrected chi connectivity index (χ0v) is 8.22. The van der Waals surface area contributed by atoms with Gasteiger partial charge in [0, 0.05) is 17.6 Å². The van der Waals surface area contributed by atoms with E-state index in [4.69, 9.17) is 0 Å². The SMILES string of the molecule is Cc1[nH]nc2ccc3c(c12)CCNC3. The number of aryl methyl sites for hydroxylation is 1. The van der Waals surface area contributed by atoms with Crippen LogP contribution in [0.1, 0.15) is 16.8 Å². The molecule has 0 unspecified atom stereocenters. The van der Waals surface area contributed by atoms with Crippen molar-refractivity contribution in [2.45, 2.75) is 19.9 Å². The zero-order chi connectivity index (χ0) is 9.54. The molecule has 14 heavy (non-hydrogen) atoms. The third-order valence-corrected chi connectivity index (χ3v) is 2.97. The topological polar surface area (TPSA) is 40.7 Å². The van der Waals surface area contributed by atoms with Crippen molar-refractivity contribution in [3.63, 3.8) is 0 Å². The maximum absolute atomic E-state index is 4.28. The van der Waals surface area contributed by atoms with E-state index in [0.717, 1.165) is 25.0 Å². The molecule has 1 aromatic heterocycles. The molecule has 0 aliphatic carbocycles. The van der Waals surface area contributed by atoms with Gasteiger partial charge in [-0.25, -0.2) is 0 Å². The Morgan fingerprint density at radius 2 is 2.29 bits per heavy atom. The summed E-state index contributed by atoms with van der Waals surface area (Å²) in [6, 6.07) is 4.29. The molecule has 0 saturated carbocycles. The molecule has 1 aliphatic rings. The van der Waals surface area contributed by atoms with Crippen molar-refractivity contribution in [1.29, 1.82) is 0 Å². The molecule has 0 saturated heterocycles. The number of rotatable bonds is 0. The summed E-state index contributed by atoms with van der Waals surface area (Å²) < 4.78 is 0. The molecular formula is C11H13N3. The lowest BCUT2D eigenvalue weighted by molar-refractivity contribution is 0.647. The number of nitrogens with one attached hydrogen (secondary N) is 2. The largest absolute Gasteiger partial charge is 0.312 e. The third-order valence-electron chi connectivity index (χ3n) is 2.97. The van der Waals surface area contributed by atoms with E-state index in [1.165, 1.54) is 22.2 Å². The Kier molecular flexibility index (Phi) is 1.61. The molecule has 3 rings (SSSR count). The minimum absolute atomic E-state index is 0.996. The van der Waals surface area contributed by atoms with Crippen LogP contribution in [0.4, 0.5) is 0 Å². The number of fused-ring (bicyclic) bond motifs is 3. The molecule has 0 spiro atoms. The molecular weight excluding hydrogens is 174 g/mol. The Labute approximate surface area is 82.5 Å². The van der Waals surface area contributed by atoms with E-state index in [1.54, 1.807) is 0 Å². The molecule has 2 aromatic rings. The van der Waals surface area contributed by atoms with Crippen molar-refractivity contribution in [2.24, 2.45) is 0 Å². The number of H-pyrrole nitrogens is 1. The third kappa shape index (κ3) is 0.990. The summed E-state index contributed by atoms with van der Waals surface area (Å²) >= 11 is 0. The quantitative estimate of drug-likeness (QED) is 0.656. The van der Waals surface area contributed by atoms with Gasteiger partial charge in [0.1, 0.15) is 0 Å². The average molecular weight is 187 g/mol. The second-order valence-corrected chi connectivity index (χ2v) is 3.87. The molecule has 0 amide bonds. The fraction of sp³-hybridized carbons (Fsp3) is 0.364. The van der Waals surface area contributed by atoms with E-state index in [1.807, 2.05) is 0 Å². The van der Waals surface area contributed by atoms with Crippen molar-refractivity contribution >= 4 is 10.9 Å². The molecule has 0 atom stereocenters. The zero-order valence-electron chi connectivity index (χ0n) is 8.22. The molecule has 3 heteroatoms. The standard InChI is InChI=1S/C11H13N3/c1-7-11-9-4-5-12-6-8(9)2-3-10(11)14-13-7/h2-3,12H,4-6H2,1H3,(H,13,14). The monoisotopic (exact) mass is 187 g/mol. The number of benzene rings is 1. The molecule has 2 N–H and O–H groups in total. The number of nitrogens with zero attached hydrogens (tertiary/aromatic N) is 1. The van der Waals surface area contributed by atoms with E-state index in [2.05, 4.69) is 34.6 Å². The Bertz CT molecular complexity index is 484. The number of hydrogen-bond donors (Lipinski definition) is 2. The highest BCUT2D eigenvalue weighted by atomic mass is 15.1. The summed E-state index contributed by atoms with van der Waals surface area (Å²) in [5, 5.41) is 12.1. The van der Waals surface area contributed by atoms with Crippen molar-refractivity contribution < 1.29 is 0 Å². The second-order valence-electron chi connectivity index (χ2n) is 3.87. The van der Waals surface area contributed by atoms with Crippen LogP contribution >= 0.6 is 0 Å². The molecule has 3 nitrogen and oxygen atoms in total. The van der Waals surface area contributed by atoms with Crippen LogP contribution in [0.3, 0.4) is 0 Å². The minimum Gasteiger partial charge on any atom is -0.312 e. The predicted molar refractivity (Wildman–Crippen MR) is 56.2 cm³/mol. The predicted octanol–water partition coefficient (Wildman–Crippen LogP) is 1.52. The van der Waals surface area contributed by atoms with Crippen LogP contribution in [0.5, 0.6) is 0 Å². The first-order valence-corrected chi connectivity index (χ1v) is 5.02. The normalized spacial score (nSPS) is 15.8. The van der Waals surface area contributed by atoms with Gasteiger partial charge in [-0.1, -0.05) is 6.07 Å². The molecule has 0 fully saturated rings. The highest BCUT2D eigenvalue weighted by Gasteiger charge is 2.14. The van der Waals surface area contributed by atoms with Gasteiger partial charge in [0.15, 0.2) is 0 Å². The van der Waals surface area contributed by atoms with E-state index in [-0.39, 0.29) is 0 Å². The average Bonchev–Trinajstić information content (AvgIpc) is 2.61. The minimum atomic E-state index is 0.996. The second kappa shape index (κ2) is 2.82. The first-order valence-electron chi connectivity index (χ1n) is 5.02. The van der Waals surface area contributed by atoms with Gasteiger partial charge in [-0.2, -0.15) is 5.10 Å². The fourth-order valence-corrected chi connectivity index (χ4v) is 2.28. The lowest BCUT2D eigenvalue weighted by Crippen LogP contribution is -2.23. The summed E-state index contributed by atoms with van der Waals surface area (Å²) in [7, 11) is 0. The Morgan fingerprint density at radius 1 is 1.36 bits per heavy atom. The maximum Gasteiger partial charge on any atom is 0.0926 e. The molecule has 0 radical (unpaired) electrons. The summed E-state index contributed by atoms with van der Waals surface area (Å²) in [6.45, 7) is 4.17. The van der Waals surface area contributed by atoms with Crippen LogP contribution in [0.25, 0.3) is 10.9 Å². The van der Waals surface area contributed by atoms with Gasteiger partial charge >= 0.3 is 0 Å². The summed E-state index contributed by atoms with van der Waals surface area (Å²) in [6.07, 6.45) is 1.12. The van der Waals surface area contributed by atoms with E-state index >= 15 is 0 Å². The van der Waals surface area contributed by atoms with Crippen LogP contribution in [-0.2, 0) is 13.0 Å². The smallest absolute Gasteiger partial charge is 0.0926 e. The Balaban J connectivity index is 2.38. The highest BCUT2D eigenvalue weighted by Crippen LogP contribution is 2.25. The summed E-state index contributed by atoms with van der Waals surface area (Å²) in [4.78, 5) is 0. The number of hydrogen-bond acceptors (Lipinski definition) is 2. The van der Waals surface area contributed by atoms with E-state index in [9.17, 15) is 0 Å². The summed E-state index contributed by atoms with van der Waals surface area (Å²) in [5.74, 6) is 0. The molecule has 1 aliphatic heterocycles. The highest BCUT2D eigenvalue weighted by molar-refractivity contribution is 5.86. The lowest BCUT2D eigenvalue weighted by atomic mass is 9.96. The van der Waals surface area contributed by atoms with Crippen molar-refractivity contribution in [1.82, 2.24) is 15.5 Å². The molecule has 72 valence electrons. The van der Waals surface area contributed by atoms with Gasteiger partial charge in [0.25, 0.3) is 0 Å². The van der Waals surface area contributed by atoms with Crippen LogP contribution in [0, 0.1) is 6.92 Å². The summed E-state index contributed by atoms with van der Waals surface area (Å²) in [5.41, 5.74) is 5.20. The molecule has 1 aromatic carbocycles. The number of aromatic nitrogens is 2. The van der Waals surface area contributed by atoms with Gasteiger partial charge in [-0.3, -0.25) is 5.10 Å². The Hall–Kier alpha value is -1.35. The van der Waals surface area contributed by atoms with Crippen molar-refractivity contribution in [3.05, 3.63) is 29.0 Å². The van der Waals surface area contributed by atoms with Gasteiger partial charge in [0.2, 0.25) is 0 Å². The lowest BCUT2D eigenvalue weighted by Gasteiger charge is -2.17. The number of aromatic amines is 1. The fourth-order valence-electron chi connectivity index (χ4n) is 2.28. The van der Waals surface area contributed by atoms with Gasteiger partial charge in [-0.15, -0.1) is 0 Å². The van der Waals surface area contributed by atoms with Crippen molar-refractivity contribution in [3.8, 4) is 0 Å². The van der Waals surface area contributed by atoms with Gasteiger partial charge < -0.3 is 5.32 Å². The van der Waals surface area contributed by atoms with Crippen LogP contribution in [0.15, 0.2) is 12.1 Å². The Morgan fingerprint density at radius 3 is 3.21 bits per heavy atom. The maximum atomic E-state index is 4.28. The van der Waals surface area contributed by atoms with Crippen molar-refractivity contribution in [2.75, 3.05) is 6.54 Å². The molecule has 0 bridgehead atoms. The first kappa shape index (κ1) is 8.00.